The maximum Gasteiger partial charge on any atom is 0.209 e. The van der Waals surface area contributed by atoms with E-state index in [2.05, 4.69) is 32.6 Å². The quantitative estimate of drug-likeness (QED) is 0.267. The van der Waals surface area contributed by atoms with Crippen LogP contribution in [0.3, 0.4) is 0 Å². The van der Waals surface area contributed by atoms with E-state index in [0.29, 0.717) is 17.4 Å². The van der Waals surface area contributed by atoms with Crippen LogP contribution >= 0.6 is 23.4 Å². The zero-order valence-electron chi connectivity index (χ0n) is 18.4. The molecule has 0 bridgehead atoms. The highest BCUT2D eigenvalue weighted by Gasteiger charge is 2.19. The van der Waals surface area contributed by atoms with Gasteiger partial charge in [0, 0.05) is 10.8 Å². The molecule has 170 valence electrons. The minimum absolute atomic E-state index is 0.506. The molecular weight excluding hydrogens is 468 g/mol. The van der Waals surface area contributed by atoms with E-state index in [0.717, 1.165) is 33.3 Å². The van der Waals surface area contributed by atoms with E-state index in [1.54, 1.807) is 29.9 Å². The average Bonchev–Trinajstić information content (AvgIpc) is 3.51. The number of methoxy groups -OCH3 is 1. The van der Waals surface area contributed by atoms with Crippen LogP contribution in [0.1, 0.15) is 11.1 Å². The first-order valence-corrected chi connectivity index (χ1v) is 12.0. The van der Waals surface area contributed by atoms with Crippen molar-refractivity contribution in [3.05, 3.63) is 101 Å². The van der Waals surface area contributed by atoms with Gasteiger partial charge in [-0.3, -0.25) is 0 Å². The minimum Gasteiger partial charge on any atom is -0.497 e. The lowest BCUT2D eigenvalue weighted by molar-refractivity contribution is 0.414. The van der Waals surface area contributed by atoms with Gasteiger partial charge in [-0.05, 0) is 46.7 Å². The molecular formula is C25H21ClN6OS. The van der Waals surface area contributed by atoms with Crippen LogP contribution in [0.2, 0.25) is 5.02 Å². The topological polar surface area (TPSA) is 70.7 Å². The standard InChI is InChI=1S/C25H21ClN6OS/c1-33-22-12-10-18(11-13-22)16-31-29-24(28-30-31)23-15-27-32(21-9-5-8-20(26)14-21)25(23)34-17-19-6-3-2-4-7-19/h2-15H,16-17H2,1H3. The Balaban J connectivity index is 1.45. The van der Waals surface area contributed by atoms with E-state index in [1.165, 1.54) is 5.56 Å². The molecule has 0 aliphatic heterocycles. The van der Waals surface area contributed by atoms with Crippen molar-refractivity contribution in [1.29, 1.82) is 0 Å². The fourth-order valence-corrected chi connectivity index (χ4v) is 4.71. The zero-order chi connectivity index (χ0) is 23.3. The van der Waals surface area contributed by atoms with Gasteiger partial charge in [0.25, 0.3) is 0 Å². The number of hydrogen-bond acceptors (Lipinski definition) is 6. The smallest absolute Gasteiger partial charge is 0.209 e. The van der Waals surface area contributed by atoms with Gasteiger partial charge < -0.3 is 4.74 Å². The highest BCUT2D eigenvalue weighted by molar-refractivity contribution is 7.98. The molecule has 0 aliphatic rings. The first kappa shape index (κ1) is 22.2. The third-order valence-corrected chi connectivity index (χ3v) is 6.55. The Morgan fingerprint density at radius 3 is 2.53 bits per heavy atom. The van der Waals surface area contributed by atoms with Crippen molar-refractivity contribution in [2.45, 2.75) is 17.3 Å². The molecule has 5 aromatic rings. The highest BCUT2D eigenvalue weighted by Crippen LogP contribution is 2.34. The SMILES string of the molecule is COc1ccc(Cn2nnc(-c3cnn(-c4cccc(Cl)c4)c3SCc3ccccc3)n2)cc1. The second-order valence-corrected chi connectivity index (χ2v) is 8.92. The molecule has 0 unspecified atom stereocenters. The van der Waals surface area contributed by atoms with Crippen LogP contribution in [0.25, 0.3) is 17.1 Å². The molecule has 0 radical (unpaired) electrons. The Hall–Kier alpha value is -3.62. The van der Waals surface area contributed by atoms with Crippen molar-refractivity contribution in [3.63, 3.8) is 0 Å². The first-order valence-electron chi connectivity index (χ1n) is 10.6. The molecule has 0 aliphatic carbocycles. The van der Waals surface area contributed by atoms with Gasteiger partial charge >= 0.3 is 0 Å². The number of thioether (sulfide) groups is 1. The van der Waals surface area contributed by atoms with Crippen LogP contribution in [0.4, 0.5) is 0 Å². The highest BCUT2D eigenvalue weighted by atomic mass is 35.5. The van der Waals surface area contributed by atoms with Crippen molar-refractivity contribution in [3.8, 4) is 22.8 Å². The van der Waals surface area contributed by atoms with Crippen molar-refractivity contribution >= 4 is 23.4 Å². The van der Waals surface area contributed by atoms with Crippen LogP contribution in [0, 0.1) is 0 Å². The zero-order valence-corrected chi connectivity index (χ0v) is 19.9. The molecule has 34 heavy (non-hydrogen) atoms. The van der Waals surface area contributed by atoms with Gasteiger partial charge in [0.05, 0.1) is 31.1 Å². The van der Waals surface area contributed by atoms with Crippen LogP contribution in [0.15, 0.2) is 90.1 Å². The summed E-state index contributed by atoms with van der Waals surface area (Å²) in [5.41, 5.74) is 3.97. The van der Waals surface area contributed by atoms with Crippen molar-refractivity contribution in [1.82, 2.24) is 30.0 Å². The van der Waals surface area contributed by atoms with Crippen molar-refractivity contribution in [2.75, 3.05) is 7.11 Å². The lowest BCUT2D eigenvalue weighted by atomic mass is 10.2. The van der Waals surface area contributed by atoms with E-state index in [1.807, 2.05) is 71.4 Å². The third-order valence-electron chi connectivity index (χ3n) is 5.17. The van der Waals surface area contributed by atoms with E-state index in [-0.39, 0.29) is 0 Å². The van der Waals surface area contributed by atoms with Gasteiger partial charge in [-0.25, -0.2) is 4.68 Å². The van der Waals surface area contributed by atoms with Crippen LogP contribution in [0.5, 0.6) is 5.75 Å². The number of benzene rings is 3. The lowest BCUT2D eigenvalue weighted by Crippen LogP contribution is -2.04. The summed E-state index contributed by atoms with van der Waals surface area (Å²) in [6.45, 7) is 0.506. The minimum atomic E-state index is 0.506. The molecule has 2 aromatic heterocycles. The fraction of sp³-hybridized carbons (Fsp3) is 0.120. The number of nitrogens with zero attached hydrogens (tertiary/aromatic N) is 6. The number of ether oxygens (including phenoxy) is 1. The number of tetrazole rings is 1. The molecule has 0 spiro atoms. The van der Waals surface area contributed by atoms with E-state index in [4.69, 9.17) is 16.3 Å². The number of hydrogen-bond donors (Lipinski definition) is 0. The van der Waals surface area contributed by atoms with Gasteiger partial charge in [-0.15, -0.1) is 22.0 Å². The van der Waals surface area contributed by atoms with Crippen LogP contribution in [-0.4, -0.2) is 37.1 Å². The van der Waals surface area contributed by atoms with E-state index in [9.17, 15) is 0 Å². The van der Waals surface area contributed by atoms with Crippen molar-refractivity contribution in [2.24, 2.45) is 0 Å². The van der Waals surface area contributed by atoms with E-state index >= 15 is 0 Å². The molecule has 0 amide bonds. The summed E-state index contributed by atoms with van der Waals surface area (Å²) in [6, 6.07) is 25.7. The Kier molecular flexibility index (Phi) is 6.60. The molecule has 0 saturated carbocycles. The molecule has 5 rings (SSSR count). The fourth-order valence-electron chi connectivity index (χ4n) is 3.46. The molecule has 0 N–H and O–H groups in total. The Labute approximate surface area is 206 Å². The second-order valence-electron chi connectivity index (χ2n) is 7.52. The van der Waals surface area contributed by atoms with Crippen LogP contribution in [-0.2, 0) is 12.3 Å². The summed E-state index contributed by atoms with van der Waals surface area (Å²) in [4.78, 5) is 1.58. The number of rotatable bonds is 8. The third kappa shape index (κ3) is 4.98. The number of aromatic nitrogens is 6. The van der Waals surface area contributed by atoms with Crippen LogP contribution < -0.4 is 4.74 Å². The van der Waals surface area contributed by atoms with Crippen molar-refractivity contribution < 1.29 is 4.74 Å². The molecule has 3 aromatic carbocycles. The maximum absolute atomic E-state index is 6.25. The number of halogens is 1. The van der Waals surface area contributed by atoms with Gasteiger partial charge in [-0.1, -0.05) is 60.1 Å². The summed E-state index contributed by atoms with van der Waals surface area (Å²) < 4.78 is 7.10. The molecule has 2 heterocycles. The maximum atomic E-state index is 6.25. The normalized spacial score (nSPS) is 11.0. The monoisotopic (exact) mass is 488 g/mol. The Bertz CT molecular complexity index is 1380. The first-order chi connectivity index (χ1) is 16.7. The average molecular weight is 489 g/mol. The largest absolute Gasteiger partial charge is 0.497 e. The van der Waals surface area contributed by atoms with E-state index < -0.39 is 0 Å². The van der Waals surface area contributed by atoms with Gasteiger partial charge in [0.1, 0.15) is 10.8 Å². The summed E-state index contributed by atoms with van der Waals surface area (Å²) in [5.74, 6) is 2.11. The predicted octanol–water partition coefficient (Wildman–Crippen LogP) is 5.53. The lowest BCUT2D eigenvalue weighted by Gasteiger charge is -2.09. The predicted molar refractivity (Wildman–Crippen MR) is 133 cm³/mol. The summed E-state index contributed by atoms with van der Waals surface area (Å²) in [7, 11) is 1.65. The molecule has 7 nitrogen and oxygen atoms in total. The van der Waals surface area contributed by atoms with Gasteiger partial charge in [0.15, 0.2) is 0 Å². The summed E-state index contributed by atoms with van der Waals surface area (Å²) >= 11 is 7.92. The molecule has 0 atom stereocenters. The summed E-state index contributed by atoms with van der Waals surface area (Å²) in [5, 5.41) is 19.4. The summed E-state index contributed by atoms with van der Waals surface area (Å²) in [6.07, 6.45) is 1.78. The Morgan fingerprint density at radius 2 is 1.76 bits per heavy atom. The molecule has 9 heteroatoms. The molecule has 0 saturated heterocycles. The van der Waals surface area contributed by atoms with Gasteiger partial charge in [0.2, 0.25) is 5.82 Å². The second kappa shape index (κ2) is 10.1. The van der Waals surface area contributed by atoms with Gasteiger partial charge in [-0.2, -0.15) is 9.90 Å². The molecule has 0 fully saturated rings. The Morgan fingerprint density at radius 1 is 0.941 bits per heavy atom.